The van der Waals surface area contributed by atoms with Gasteiger partial charge < -0.3 is 5.32 Å². The van der Waals surface area contributed by atoms with Gasteiger partial charge in [-0.05, 0) is 44.0 Å². The molecule has 5 heteroatoms. The van der Waals surface area contributed by atoms with E-state index in [9.17, 15) is 4.79 Å². The Hall–Kier alpha value is -0.680. The molecule has 1 heterocycles. The summed E-state index contributed by atoms with van der Waals surface area (Å²) in [5.74, 6) is -0.137. The number of rotatable bonds is 2. The van der Waals surface area contributed by atoms with E-state index in [1.54, 1.807) is 6.20 Å². The second-order valence-corrected chi connectivity index (χ2v) is 5.18. The largest absolute Gasteiger partial charge is 0.323 e. The summed E-state index contributed by atoms with van der Waals surface area (Å²) in [6, 6.07) is 5.48. The van der Waals surface area contributed by atoms with Gasteiger partial charge in [-0.15, -0.1) is 0 Å². The first kappa shape index (κ1) is 11.4. The lowest BCUT2D eigenvalue weighted by Gasteiger charge is -2.07. The average Bonchev–Trinajstić information content (AvgIpc) is 2.15. The van der Waals surface area contributed by atoms with Crippen LogP contribution in [0.25, 0.3) is 5.70 Å². The average molecular weight is 320 g/mol. The predicted molar refractivity (Wildman–Crippen MR) is 62.8 cm³/mol. The van der Waals surface area contributed by atoms with Crippen LogP contribution in [0.5, 0.6) is 0 Å². The van der Waals surface area contributed by atoms with Gasteiger partial charge >= 0.3 is 0 Å². The van der Waals surface area contributed by atoms with Crippen LogP contribution in [0.1, 0.15) is 12.6 Å². The molecule has 0 aromatic carbocycles. The van der Waals surface area contributed by atoms with E-state index in [1.165, 1.54) is 6.92 Å². The number of pyridine rings is 1. The molecule has 0 fully saturated rings. The van der Waals surface area contributed by atoms with E-state index < -0.39 is 0 Å². The van der Waals surface area contributed by atoms with Crippen LogP contribution < -0.4 is 5.32 Å². The lowest BCUT2D eigenvalue weighted by atomic mass is 10.3. The summed E-state index contributed by atoms with van der Waals surface area (Å²) in [5, 5.41) is 2.68. The molecule has 0 aliphatic rings. The minimum Gasteiger partial charge on any atom is -0.323 e. The Bertz CT molecular complexity index is 358. The van der Waals surface area contributed by atoms with Crippen LogP contribution in [0.15, 0.2) is 27.8 Å². The molecule has 0 bridgehead atoms. The molecule has 1 N–H and O–H groups in total. The standard InChI is InChI=1S/C9H8Br2N2O/c1-6(14)13-8(9(10)11)7-4-2-3-5-12-7/h2-5H,1H3,(H,13,14). The first-order chi connectivity index (χ1) is 6.61. The Morgan fingerprint density at radius 3 is 2.57 bits per heavy atom. The Labute approximate surface area is 98.9 Å². The lowest BCUT2D eigenvalue weighted by Crippen LogP contribution is -2.19. The summed E-state index contributed by atoms with van der Waals surface area (Å²) < 4.78 is 0.666. The van der Waals surface area contributed by atoms with Gasteiger partial charge in [-0.1, -0.05) is 6.07 Å². The number of hydrogen-bond acceptors (Lipinski definition) is 2. The van der Waals surface area contributed by atoms with Crippen molar-refractivity contribution in [3.05, 3.63) is 33.5 Å². The summed E-state index contributed by atoms with van der Waals surface area (Å²) in [7, 11) is 0. The van der Waals surface area contributed by atoms with Gasteiger partial charge in [0.25, 0.3) is 0 Å². The second kappa shape index (κ2) is 5.26. The van der Waals surface area contributed by atoms with Crippen molar-refractivity contribution in [2.75, 3.05) is 0 Å². The van der Waals surface area contributed by atoms with E-state index >= 15 is 0 Å². The zero-order valence-electron chi connectivity index (χ0n) is 7.42. The Kier molecular flexibility index (Phi) is 4.28. The van der Waals surface area contributed by atoms with Crippen LogP contribution in [0.3, 0.4) is 0 Å². The van der Waals surface area contributed by atoms with E-state index in [1.807, 2.05) is 18.2 Å². The van der Waals surface area contributed by atoms with Gasteiger partial charge in [0, 0.05) is 13.1 Å². The molecule has 0 unspecified atom stereocenters. The molecule has 14 heavy (non-hydrogen) atoms. The zero-order valence-corrected chi connectivity index (χ0v) is 10.6. The highest BCUT2D eigenvalue weighted by atomic mass is 79.9. The van der Waals surface area contributed by atoms with Gasteiger partial charge in [-0.25, -0.2) is 0 Å². The van der Waals surface area contributed by atoms with Gasteiger partial charge in [0.15, 0.2) is 0 Å². The molecule has 0 saturated carbocycles. The second-order valence-electron chi connectivity index (χ2n) is 2.53. The van der Waals surface area contributed by atoms with Crippen molar-refractivity contribution in [1.29, 1.82) is 0 Å². The molecular formula is C9H8Br2N2O. The van der Waals surface area contributed by atoms with Crippen LogP contribution in [0.2, 0.25) is 0 Å². The monoisotopic (exact) mass is 318 g/mol. The Morgan fingerprint density at radius 2 is 2.14 bits per heavy atom. The summed E-state index contributed by atoms with van der Waals surface area (Å²) >= 11 is 6.50. The van der Waals surface area contributed by atoms with Crippen molar-refractivity contribution >= 4 is 43.5 Å². The van der Waals surface area contributed by atoms with E-state index in [-0.39, 0.29) is 5.91 Å². The van der Waals surface area contributed by atoms with Crippen molar-refractivity contribution in [2.45, 2.75) is 6.92 Å². The molecule has 0 radical (unpaired) electrons. The Morgan fingerprint density at radius 1 is 1.43 bits per heavy atom. The van der Waals surface area contributed by atoms with Crippen molar-refractivity contribution in [2.24, 2.45) is 0 Å². The number of carbonyl (C=O) groups excluding carboxylic acids is 1. The van der Waals surface area contributed by atoms with E-state index in [0.29, 0.717) is 14.8 Å². The van der Waals surface area contributed by atoms with E-state index in [2.05, 4.69) is 42.2 Å². The molecule has 0 spiro atoms. The molecule has 1 aromatic heterocycles. The topological polar surface area (TPSA) is 42.0 Å². The summed E-state index contributed by atoms with van der Waals surface area (Å²) in [5.41, 5.74) is 1.32. The third-order valence-electron chi connectivity index (χ3n) is 1.41. The minimum absolute atomic E-state index is 0.137. The molecule has 0 aliphatic heterocycles. The maximum absolute atomic E-state index is 10.9. The minimum atomic E-state index is -0.137. The van der Waals surface area contributed by atoms with Crippen molar-refractivity contribution in [1.82, 2.24) is 10.3 Å². The van der Waals surface area contributed by atoms with E-state index in [4.69, 9.17) is 0 Å². The Balaban J connectivity index is 3.03. The zero-order chi connectivity index (χ0) is 10.6. The number of carbonyl (C=O) groups is 1. The normalized spacial score (nSPS) is 9.36. The fraction of sp³-hybridized carbons (Fsp3) is 0.111. The fourth-order valence-electron chi connectivity index (χ4n) is 0.895. The molecule has 74 valence electrons. The maximum Gasteiger partial charge on any atom is 0.221 e. The van der Waals surface area contributed by atoms with Gasteiger partial charge in [0.2, 0.25) is 5.91 Å². The third-order valence-corrected chi connectivity index (χ3v) is 2.20. The number of nitrogens with one attached hydrogen (secondary N) is 1. The van der Waals surface area contributed by atoms with Gasteiger partial charge in [0.1, 0.15) is 0 Å². The van der Waals surface area contributed by atoms with Gasteiger partial charge in [-0.3, -0.25) is 9.78 Å². The van der Waals surface area contributed by atoms with Crippen LogP contribution in [-0.2, 0) is 4.79 Å². The molecule has 1 aromatic rings. The highest BCUT2D eigenvalue weighted by Gasteiger charge is 2.07. The fourth-order valence-corrected chi connectivity index (χ4v) is 1.50. The van der Waals surface area contributed by atoms with Crippen LogP contribution >= 0.6 is 31.9 Å². The molecule has 0 atom stereocenters. The highest BCUT2D eigenvalue weighted by molar-refractivity contribution is 9.28. The molecule has 0 aliphatic carbocycles. The third kappa shape index (κ3) is 3.23. The number of amides is 1. The smallest absolute Gasteiger partial charge is 0.221 e. The van der Waals surface area contributed by atoms with Crippen LogP contribution in [-0.4, -0.2) is 10.9 Å². The number of nitrogens with zero attached hydrogens (tertiary/aromatic N) is 1. The lowest BCUT2D eigenvalue weighted by molar-refractivity contribution is -0.117. The first-order valence-corrected chi connectivity index (χ1v) is 5.44. The van der Waals surface area contributed by atoms with E-state index in [0.717, 1.165) is 0 Å². The van der Waals surface area contributed by atoms with Crippen LogP contribution in [0.4, 0.5) is 0 Å². The number of halogens is 2. The van der Waals surface area contributed by atoms with Crippen molar-refractivity contribution in [3.63, 3.8) is 0 Å². The molecule has 1 amide bonds. The van der Waals surface area contributed by atoms with Gasteiger partial charge in [0.05, 0.1) is 14.8 Å². The summed E-state index contributed by atoms with van der Waals surface area (Å²) in [6.45, 7) is 1.45. The molecular weight excluding hydrogens is 312 g/mol. The molecule has 1 rings (SSSR count). The molecule has 0 saturated heterocycles. The van der Waals surface area contributed by atoms with Crippen molar-refractivity contribution in [3.8, 4) is 0 Å². The predicted octanol–water partition coefficient (Wildman–Crippen LogP) is 2.63. The summed E-state index contributed by atoms with van der Waals surface area (Å²) in [6.07, 6.45) is 1.67. The van der Waals surface area contributed by atoms with Crippen LogP contribution in [0, 0.1) is 0 Å². The number of aromatic nitrogens is 1. The number of hydrogen-bond donors (Lipinski definition) is 1. The van der Waals surface area contributed by atoms with Crippen molar-refractivity contribution < 1.29 is 4.79 Å². The van der Waals surface area contributed by atoms with Gasteiger partial charge in [-0.2, -0.15) is 0 Å². The summed E-state index contributed by atoms with van der Waals surface area (Å²) in [4.78, 5) is 15.0. The quantitative estimate of drug-likeness (QED) is 0.910. The highest BCUT2D eigenvalue weighted by Crippen LogP contribution is 2.23. The SMILES string of the molecule is CC(=O)NC(=C(Br)Br)c1ccccn1. The maximum atomic E-state index is 10.9. The first-order valence-electron chi connectivity index (χ1n) is 3.85. The molecule has 3 nitrogen and oxygen atoms in total.